The van der Waals surface area contributed by atoms with E-state index in [-0.39, 0.29) is 17.8 Å². The minimum atomic E-state index is -4.79. The smallest absolute Gasteiger partial charge is 0.406 e. The zero-order valence-corrected chi connectivity index (χ0v) is 15.5. The molecule has 0 heterocycles. The Bertz CT molecular complexity index is 940. The van der Waals surface area contributed by atoms with Crippen molar-refractivity contribution in [2.75, 3.05) is 22.4 Å². The maximum atomic E-state index is 12.3. The Morgan fingerprint density at radius 3 is 2.18 bits per heavy atom. The molecule has 1 amide bonds. The molecule has 0 aliphatic rings. The van der Waals surface area contributed by atoms with Crippen LogP contribution in [0.5, 0.6) is 5.75 Å². The number of rotatable bonds is 7. The minimum absolute atomic E-state index is 0.0801. The number of alkyl halides is 3. The van der Waals surface area contributed by atoms with Gasteiger partial charge < -0.3 is 10.1 Å². The first-order valence-corrected chi connectivity index (χ1v) is 9.70. The van der Waals surface area contributed by atoms with Crippen LogP contribution in [0.4, 0.5) is 24.5 Å². The molecule has 0 spiro atoms. The van der Waals surface area contributed by atoms with E-state index in [1.54, 1.807) is 0 Å². The Labute approximate surface area is 160 Å². The van der Waals surface area contributed by atoms with Gasteiger partial charge in [-0.15, -0.1) is 19.8 Å². The normalized spacial score (nSPS) is 11.6. The van der Waals surface area contributed by atoms with Gasteiger partial charge in [-0.05, 0) is 48.5 Å². The van der Waals surface area contributed by atoms with E-state index in [1.807, 2.05) is 0 Å². The third-order valence-corrected chi connectivity index (χ3v) is 4.62. The fraction of sp³-hybridized carbons (Fsp3) is 0.167. The Hall–Kier alpha value is -3.01. The van der Waals surface area contributed by atoms with Gasteiger partial charge >= 0.3 is 6.36 Å². The van der Waals surface area contributed by atoms with E-state index in [1.165, 1.54) is 42.5 Å². The third kappa shape index (κ3) is 6.02. The number of hydrogen-bond donors (Lipinski definition) is 1. The van der Waals surface area contributed by atoms with Gasteiger partial charge in [0.1, 0.15) is 5.75 Å². The number of carbonyl (C=O) groups excluding carboxylic acids is 1. The molecule has 0 unspecified atom stereocenters. The number of hydrogen-bond acceptors (Lipinski definition) is 4. The van der Waals surface area contributed by atoms with E-state index in [4.69, 9.17) is 0 Å². The van der Waals surface area contributed by atoms with Crippen LogP contribution in [0.25, 0.3) is 0 Å². The van der Waals surface area contributed by atoms with Crippen LogP contribution in [0, 0.1) is 0 Å². The van der Waals surface area contributed by atoms with Crippen LogP contribution in [0.3, 0.4) is 0 Å². The molecule has 150 valence electrons. The fourth-order valence-corrected chi connectivity index (χ4v) is 3.15. The summed E-state index contributed by atoms with van der Waals surface area (Å²) < 4.78 is 64.9. The molecule has 0 aliphatic heterocycles. The van der Waals surface area contributed by atoms with E-state index < -0.39 is 28.0 Å². The average molecular weight is 414 g/mol. The Kier molecular flexibility index (Phi) is 6.34. The molecule has 2 aromatic carbocycles. The Morgan fingerprint density at radius 1 is 1.14 bits per heavy atom. The number of ether oxygens (including phenoxy) is 1. The molecule has 0 radical (unpaired) electrons. The maximum absolute atomic E-state index is 12.3. The van der Waals surface area contributed by atoms with Crippen molar-refractivity contribution in [1.29, 1.82) is 0 Å². The van der Waals surface area contributed by atoms with Gasteiger partial charge in [-0.2, -0.15) is 0 Å². The summed E-state index contributed by atoms with van der Waals surface area (Å²) in [5, 5.41) is 2.53. The number of benzene rings is 2. The predicted molar refractivity (Wildman–Crippen MR) is 99.9 cm³/mol. The van der Waals surface area contributed by atoms with Gasteiger partial charge in [-0.3, -0.25) is 9.10 Å². The molecule has 2 rings (SSSR count). The molecule has 0 atom stereocenters. The fourth-order valence-electron chi connectivity index (χ4n) is 2.27. The van der Waals surface area contributed by atoms with Crippen LogP contribution in [0.2, 0.25) is 0 Å². The highest BCUT2D eigenvalue weighted by molar-refractivity contribution is 7.92. The van der Waals surface area contributed by atoms with Crippen LogP contribution in [0.1, 0.15) is 10.4 Å². The van der Waals surface area contributed by atoms with E-state index in [0.717, 1.165) is 22.7 Å². The van der Waals surface area contributed by atoms with Crippen molar-refractivity contribution >= 4 is 27.3 Å². The Morgan fingerprint density at radius 2 is 1.71 bits per heavy atom. The second-order valence-corrected chi connectivity index (χ2v) is 7.56. The minimum Gasteiger partial charge on any atom is -0.406 e. The van der Waals surface area contributed by atoms with Crippen molar-refractivity contribution in [3.05, 3.63) is 66.7 Å². The maximum Gasteiger partial charge on any atom is 0.573 e. The van der Waals surface area contributed by atoms with Crippen molar-refractivity contribution in [1.82, 2.24) is 0 Å². The monoisotopic (exact) mass is 414 g/mol. The molecule has 1 N–H and O–H groups in total. The number of anilines is 2. The number of carbonyl (C=O) groups is 1. The van der Waals surface area contributed by atoms with E-state index in [0.29, 0.717) is 5.69 Å². The highest BCUT2D eigenvalue weighted by Crippen LogP contribution is 2.24. The first-order chi connectivity index (χ1) is 13.0. The Balaban J connectivity index is 2.10. The van der Waals surface area contributed by atoms with Crippen molar-refractivity contribution < 1.29 is 31.1 Å². The number of halogens is 3. The van der Waals surface area contributed by atoms with Crippen LogP contribution in [-0.4, -0.2) is 33.5 Å². The predicted octanol–water partition coefficient (Wildman–Crippen LogP) is 3.79. The first-order valence-electron chi connectivity index (χ1n) is 7.85. The molecule has 28 heavy (non-hydrogen) atoms. The summed E-state index contributed by atoms with van der Waals surface area (Å²) in [6.45, 7) is 3.60. The quantitative estimate of drug-likeness (QED) is 0.700. The van der Waals surface area contributed by atoms with Gasteiger partial charge in [0, 0.05) is 11.3 Å². The lowest BCUT2D eigenvalue weighted by molar-refractivity contribution is -0.274. The zero-order valence-electron chi connectivity index (χ0n) is 14.7. The molecule has 0 bridgehead atoms. The largest absolute Gasteiger partial charge is 0.573 e. The molecule has 6 nitrogen and oxygen atoms in total. The first kappa shape index (κ1) is 21.3. The van der Waals surface area contributed by atoms with Crippen LogP contribution < -0.4 is 14.4 Å². The van der Waals surface area contributed by atoms with Gasteiger partial charge in [0.25, 0.3) is 5.91 Å². The second kappa shape index (κ2) is 8.34. The summed E-state index contributed by atoms with van der Waals surface area (Å²) in [7, 11) is -3.51. The molecule has 0 saturated carbocycles. The summed E-state index contributed by atoms with van der Waals surface area (Å²) >= 11 is 0. The standard InChI is InChI=1S/C18H17F3N2O4S/c1-3-12-23(28(2,25)26)15-8-4-13(5-9-15)17(24)22-14-6-10-16(11-7-14)27-18(19,20)21/h3-11H,1,12H2,2H3,(H,22,24). The number of nitrogens with zero attached hydrogens (tertiary/aromatic N) is 1. The number of sulfonamides is 1. The highest BCUT2D eigenvalue weighted by atomic mass is 32.2. The summed E-state index contributed by atoms with van der Waals surface area (Å²) in [4.78, 5) is 12.3. The van der Waals surface area contributed by atoms with Gasteiger partial charge in [0.15, 0.2) is 0 Å². The summed E-state index contributed by atoms with van der Waals surface area (Å²) in [5.74, 6) is -0.913. The summed E-state index contributed by atoms with van der Waals surface area (Å²) in [6, 6.07) is 10.5. The lowest BCUT2D eigenvalue weighted by atomic mass is 10.2. The van der Waals surface area contributed by atoms with E-state index >= 15 is 0 Å². The van der Waals surface area contributed by atoms with Gasteiger partial charge in [-0.1, -0.05) is 6.08 Å². The number of nitrogens with one attached hydrogen (secondary N) is 1. The topological polar surface area (TPSA) is 75.7 Å². The van der Waals surface area contributed by atoms with Crippen molar-refractivity contribution in [3.63, 3.8) is 0 Å². The van der Waals surface area contributed by atoms with Crippen LogP contribution >= 0.6 is 0 Å². The van der Waals surface area contributed by atoms with Crippen molar-refractivity contribution in [2.45, 2.75) is 6.36 Å². The van der Waals surface area contributed by atoms with Gasteiger partial charge in [0.2, 0.25) is 10.0 Å². The molecular formula is C18H17F3N2O4S. The average Bonchev–Trinajstić information content (AvgIpc) is 2.59. The molecule has 10 heteroatoms. The lowest BCUT2D eigenvalue weighted by Crippen LogP contribution is -2.29. The van der Waals surface area contributed by atoms with E-state index in [9.17, 15) is 26.4 Å². The van der Waals surface area contributed by atoms with Crippen LogP contribution in [-0.2, 0) is 10.0 Å². The molecule has 0 fully saturated rings. The molecule has 2 aromatic rings. The number of amides is 1. The second-order valence-electron chi connectivity index (χ2n) is 5.66. The van der Waals surface area contributed by atoms with Crippen molar-refractivity contribution in [3.8, 4) is 5.75 Å². The van der Waals surface area contributed by atoms with Gasteiger partial charge in [0.05, 0.1) is 18.5 Å². The zero-order chi connectivity index (χ0) is 20.9. The third-order valence-electron chi connectivity index (χ3n) is 3.46. The highest BCUT2D eigenvalue weighted by Gasteiger charge is 2.31. The summed E-state index contributed by atoms with van der Waals surface area (Å²) in [6.07, 6.45) is -2.30. The lowest BCUT2D eigenvalue weighted by Gasteiger charge is -2.20. The molecular weight excluding hydrogens is 397 g/mol. The molecule has 0 saturated heterocycles. The van der Waals surface area contributed by atoms with E-state index in [2.05, 4.69) is 16.6 Å². The van der Waals surface area contributed by atoms with Crippen LogP contribution in [0.15, 0.2) is 61.2 Å². The summed E-state index contributed by atoms with van der Waals surface area (Å²) in [5.41, 5.74) is 0.882. The molecule has 0 aliphatic carbocycles. The SMILES string of the molecule is C=CCN(c1ccc(C(=O)Nc2ccc(OC(F)(F)F)cc2)cc1)S(C)(=O)=O. The van der Waals surface area contributed by atoms with Crippen molar-refractivity contribution in [2.24, 2.45) is 0 Å². The van der Waals surface area contributed by atoms with Gasteiger partial charge in [-0.25, -0.2) is 8.42 Å². The molecule has 0 aromatic heterocycles.